The number of pyridine rings is 1. The first-order valence-electron chi connectivity index (χ1n) is 5.71. The molecule has 3 rings (SSSR count). The molecule has 0 amide bonds. The number of hydrogen-bond acceptors (Lipinski definition) is 3. The van der Waals surface area contributed by atoms with Crippen molar-refractivity contribution in [3.05, 3.63) is 60.7 Å². The maximum absolute atomic E-state index is 5.93. The number of nitrogens with two attached hydrogens (primary N) is 1. The third kappa shape index (κ3) is 2.17. The molecule has 18 heavy (non-hydrogen) atoms. The molecule has 0 spiro atoms. The number of rotatable bonds is 2. The SMILES string of the molecule is Nc1ccccc1Sc1ccc2ccccc2n1. The van der Waals surface area contributed by atoms with Crippen LogP contribution in [0.3, 0.4) is 0 Å². The number of aromatic nitrogens is 1. The molecule has 3 heteroatoms. The lowest BCUT2D eigenvalue weighted by Gasteiger charge is -2.05. The van der Waals surface area contributed by atoms with Gasteiger partial charge in [0.2, 0.25) is 0 Å². The lowest BCUT2D eigenvalue weighted by atomic mass is 10.2. The topological polar surface area (TPSA) is 38.9 Å². The maximum atomic E-state index is 5.93. The van der Waals surface area contributed by atoms with Crippen LogP contribution in [0.4, 0.5) is 5.69 Å². The summed E-state index contributed by atoms with van der Waals surface area (Å²) in [6.07, 6.45) is 0. The fourth-order valence-electron chi connectivity index (χ4n) is 1.79. The van der Waals surface area contributed by atoms with Gasteiger partial charge in [-0.1, -0.05) is 48.2 Å². The Labute approximate surface area is 110 Å². The van der Waals surface area contributed by atoms with E-state index in [1.54, 1.807) is 11.8 Å². The molecular formula is C15H12N2S. The van der Waals surface area contributed by atoms with E-state index >= 15 is 0 Å². The van der Waals surface area contributed by atoms with Crippen molar-refractivity contribution in [2.45, 2.75) is 9.92 Å². The Hall–Kier alpha value is -2.00. The molecule has 3 aromatic rings. The Morgan fingerprint density at radius 2 is 1.61 bits per heavy atom. The Morgan fingerprint density at radius 3 is 2.50 bits per heavy atom. The smallest absolute Gasteiger partial charge is 0.102 e. The molecule has 1 heterocycles. The Balaban J connectivity index is 1.98. The van der Waals surface area contributed by atoms with Gasteiger partial charge in [-0.2, -0.15) is 0 Å². The Morgan fingerprint density at radius 1 is 0.833 bits per heavy atom. The maximum Gasteiger partial charge on any atom is 0.102 e. The van der Waals surface area contributed by atoms with Crippen LogP contribution in [-0.4, -0.2) is 4.98 Å². The summed E-state index contributed by atoms with van der Waals surface area (Å²) in [7, 11) is 0. The van der Waals surface area contributed by atoms with E-state index in [4.69, 9.17) is 5.73 Å². The highest BCUT2D eigenvalue weighted by molar-refractivity contribution is 7.99. The summed E-state index contributed by atoms with van der Waals surface area (Å²) in [5.41, 5.74) is 7.73. The van der Waals surface area contributed by atoms with Gasteiger partial charge in [0.05, 0.1) is 5.52 Å². The zero-order valence-corrected chi connectivity index (χ0v) is 10.5. The van der Waals surface area contributed by atoms with Gasteiger partial charge in [0.15, 0.2) is 0 Å². The van der Waals surface area contributed by atoms with Gasteiger partial charge in [0.25, 0.3) is 0 Å². The molecule has 0 atom stereocenters. The highest BCUT2D eigenvalue weighted by atomic mass is 32.2. The van der Waals surface area contributed by atoms with Crippen LogP contribution in [0.2, 0.25) is 0 Å². The van der Waals surface area contributed by atoms with Crippen molar-refractivity contribution < 1.29 is 0 Å². The van der Waals surface area contributed by atoms with Crippen LogP contribution in [-0.2, 0) is 0 Å². The summed E-state index contributed by atoms with van der Waals surface area (Å²) >= 11 is 1.59. The third-order valence-electron chi connectivity index (χ3n) is 2.71. The summed E-state index contributed by atoms with van der Waals surface area (Å²) < 4.78 is 0. The first-order valence-corrected chi connectivity index (χ1v) is 6.53. The quantitative estimate of drug-likeness (QED) is 0.701. The van der Waals surface area contributed by atoms with Crippen molar-refractivity contribution in [1.29, 1.82) is 0 Å². The van der Waals surface area contributed by atoms with E-state index in [1.165, 1.54) is 0 Å². The van der Waals surface area contributed by atoms with Crippen molar-refractivity contribution in [3.63, 3.8) is 0 Å². The third-order valence-corrected chi connectivity index (χ3v) is 3.73. The zero-order valence-electron chi connectivity index (χ0n) is 9.71. The number of nitrogens with zero attached hydrogens (tertiary/aromatic N) is 1. The van der Waals surface area contributed by atoms with Gasteiger partial charge in [-0.15, -0.1) is 0 Å². The number of nitrogen functional groups attached to an aromatic ring is 1. The summed E-state index contributed by atoms with van der Waals surface area (Å²) in [5, 5.41) is 2.12. The van der Waals surface area contributed by atoms with E-state index < -0.39 is 0 Å². The average Bonchev–Trinajstić information content (AvgIpc) is 2.41. The first-order chi connectivity index (χ1) is 8.83. The number of para-hydroxylation sites is 2. The molecule has 0 aliphatic rings. The van der Waals surface area contributed by atoms with E-state index in [1.807, 2.05) is 48.5 Å². The molecule has 2 nitrogen and oxygen atoms in total. The van der Waals surface area contributed by atoms with Gasteiger partial charge in [-0.25, -0.2) is 4.98 Å². The van der Waals surface area contributed by atoms with Crippen LogP contribution in [0.15, 0.2) is 70.6 Å². The predicted molar refractivity (Wildman–Crippen MR) is 76.7 cm³/mol. The minimum atomic E-state index is 0.789. The van der Waals surface area contributed by atoms with Crippen molar-refractivity contribution in [3.8, 4) is 0 Å². The van der Waals surface area contributed by atoms with Gasteiger partial charge in [-0.05, 0) is 24.3 Å². The highest BCUT2D eigenvalue weighted by Crippen LogP contribution is 2.31. The normalized spacial score (nSPS) is 10.7. The van der Waals surface area contributed by atoms with Gasteiger partial charge in [0, 0.05) is 16.0 Å². The molecule has 0 fully saturated rings. The fourth-order valence-corrected chi connectivity index (χ4v) is 2.63. The summed E-state index contributed by atoms with van der Waals surface area (Å²) in [5.74, 6) is 0. The molecule has 88 valence electrons. The Bertz CT molecular complexity index is 695. The monoisotopic (exact) mass is 252 g/mol. The van der Waals surface area contributed by atoms with Crippen molar-refractivity contribution >= 4 is 28.4 Å². The van der Waals surface area contributed by atoms with Crippen molar-refractivity contribution in [1.82, 2.24) is 4.98 Å². The van der Waals surface area contributed by atoms with Crippen LogP contribution >= 0.6 is 11.8 Å². The molecule has 0 aliphatic heterocycles. The van der Waals surface area contributed by atoms with Crippen molar-refractivity contribution in [2.75, 3.05) is 5.73 Å². The van der Waals surface area contributed by atoms with E-state index in [9.17, 15) is 0 Å². The van der Waals surface area contributed by atoms with Gasteiger partial charge >= 0.3 is 0 Å². The van der Waals surface area contributed by atoms with Crippen LogP contribution < -0.4 is 5.73 Å². The van der Waals surface area contributed by atoms with Gasteiger partial charge in [-0.3, -0.25) is 0 Å². The van der Waals surface area contributed by atoms with E-state index in [-0.39, 0.29) is 0 Å². The van der Waals surface area contributed by atoms with E-state index in [0.29, 0.717) is 0 Å². The van der Waals surface area contributed by atoms with Crippen LogP contribution in [0.1, 0.15) is 0 Å². The lowest BCUT2D eigenvalue weighted by molar-refractivity contribution is 1.19. The van der Waals surface area contributed by atoms with Crippen LogP contribution in [0, 0.1) is 0 Å². The highest BCUT2D eigenvalue weighted by Gasteiger charge is 2.03. The molecule has 2 N–H and O–H groups in total. The second kappa shape index (κ2) is 4.70. The largest absolute Gasteiger partial charge is 0.398 e. The zero-order chi connectivity index (χ0) is 12.4. The minimum absolute atomic E-state index is 0.789. The van der Waals surface area contributed by atoms with E-state index in [0.717, 1.165) is 26.5 Å². The summed E-state index contributed by atoms with van der Waals surface area (Å²) in [6, 6.07) is 20.1. The number of hydrogen-bond donors (Lipinski definition) is 1. The molecule has 0 unspecified atom stereocenters. The van der Waals surface area contributed by atoms with Gasteiger partial charge < -0.3 is 5.73 Å². The molecule has 0 radical (unpaired) electrons. The van der Waals surface area contributed by atoms with Crippen molar-refractivity contribution in [2.24, 2.45) is 0 Å². The van der Waals surface area contributed by atoms with Crippen LogP contribution in [0.5, 0.6) is 0 Å². The molecule has 0 bridgehead atoms. The number of fused-ring (bicyclic) bond motifs is 1. The number of anilines is 1. The lowest BCUT2D eigenvalue weighted by Crippen LogP contribution is -1.88. The minimum Gasteiger partial charge on any atom is -0.398 e. The predicted octanol–water partition coefficient (Wildman–Crippen LogP) is 3.97. The standard InChI is InChI=1S/C15H12N2S/c16-12-6-2-4-8-14(12)18-15-10-9-11-5-1-3-7-13(11)17-15/h1-10H,16H2. The molecule has 0 saturated carbocycles. The van der Waals surface area contributed by atoms with Crippen LogP contribution in [0.25, 0.3) is 10.9 Å². The molecule has 2 aromatic carbocycles. The van der Waals surface area contributed by atoms with Gasteiger partial charge in [0.1, 0.15) is 5.03 Å². The summed E-state index contributed by atoms with van der Waals surface area (Å²) in [6.45, 7) is 0. The fraction of sp³-hybridized carbons (Fsp3) is 0. The van der Waals surface area contributed by atoms with E-state index in [2.05, 4.69) is 17.1 Å². The average molecular weight is 252 g/mol. The second-order valence-electron chi connectivity index (χ2n) is 3.98. The molecule has 0 aliphatic carbocycles. The number of benzene rings is 2. The first kappa shape index (κ1) is 11.1. The molecule has 1 aromatic heterocycles. The second-order valence-corrected chi connectivity index (χ2v) is 5.04. The molecule has 0 saturated heterocycles. The Kier molecular flexibility index (Phi) is 2.90. The molecular weight excluding hydrogens is 240 g/mol. The summed E-state index contributed by atoms with van der Waals surface area (Å²) in [4.78, 5) is 5.66.